The van der Waals surface area contributed by atoms with Gasteiger partial charge >= 0.3 is 0 Å². The van der Waals surface area contributed by atoms with Crippen LogP contribution in [0.25, 0.3) is 0 Å². The van der Waals surface area contributed by atoms with Gasteiger partial charge < -0.3 is 9.30 Å². The van der Waals surface area contributed by atoms with Crippen molar-refractivity contribution in [3.63, 3.8) is 0 Å². The molecule has 0 saturated heterocycles. The number of imidazole rings is 1. The van der Waals surface area contributed by atoms with E-state index in [4.69, 9.17) is 4.74 Å². The third kappa shape index (κ3) is 10.3. The van der Waals surface area contributed by atoms with Gasteiger partial charge in [0.1, 0.15) is 0 Å². The Balaban J connectivity index is 2.11. The van der Waals surface area contributed by atoms with Crippen molar-refractivity contribution in [3.05, 3.63) is 18.7 Å². The molecular formula is C18H34N2OS. The minimum atomic E-state index is 0.542. The fraction of sp³-hybridized carbons (Fsp3) is 0.833. The van der Waals surface area contributed by atoms with Crippen LogP contribution < -0.4 is 0 Å². The van der Waals surface area contributed by atoms with E-state index in [9.17, 15) is 0 Å². The minimum absolute atomic E-state index is 0.542. The summed E-state index contributed by atoms with van der Waals surface area (Å²) < 4.78 is 8.09. The molecule has 1 rings (SSSR count). The number of ether oxygens (including phenoxy) is 1. The Morgan fingerprint density at radius 1 is 1.05 bits per heavy atom. The lowest BCUT2D eigenvalue weighted by atomic mass is 10.1. The van der Waals surface area contributed by atoms with Crippen LogP contribution in [0, 0.1) is 0 Å². The molecule has 0 aliphatic rings. The van der Waals surface area contributed by atoms with Gasteiger partial charge in [0, 0.05) is 30.8 Å². The topological polar surface area (TPSA) is 27.1 Å². The second-order valence-corrected chi connectivity index (χ2v) is 7.36. The summed E-state index contributed by atoms with van der Waals surface area (Å²) in [4.78, 5) is 4.13. The van der Waals surface area contributed by atoms with Gasteiger partial charge in [-0.05, 0) is 18.6 Å². The van der Waals surface area contributed by atoms with E-state index in [0.717, 1.165) is 19.8 Å². The summed E-state index contributed by atoms with van der Waals surface area (Å²) in [6.45, 7) is 7.30. The number of unbranched alkanes of at least 4 members (excludes halogenated alkanes) is 6. The summed E-state index contributed by atoms with van der Waals surface area (Å²) >= 11 is 2.05. The highest BCUT2D eigenvalue weighted by molar-refractivity contribution is 7.99. The van der Waals surface area contributed by atoms with Gasteiger partial charge in [0.2, 0.25) is 0 Å². The van der Waals surface area contributed by atoms with Gasteiger partial charge in [-0.3, -0.25) is 0 Å². The molecule has 0 N–H and O–H groups in total. The van der Waals surface area contributed by atoms with Gasteiger partial charge in [0.05, 0.1) is 12.9 Å². The van der Waals surface area contributed by atoms with Crippen molar-refractivity contribution in [1.82, 2.24) is 9.55 Å². The van der Waals surface area contributed by atoms with Crippen molar-refractivity contribution in [2.75, 3.05) is 19.0 Å². The first-order valence-corrected chi connectivity index (χ1v) is 10.1. The number of hydrogen-bond acceptors (Lipinski definition) is 3. The van der Waals surface area contributed by atoms with E-state index in [1.165, 1.54) is 57.1 Å². The SMILES string of the molecule is CCCCCCCCOCC(Cn1ccnc1)SCCCC. The Morgan fingerprint density at radius 3 is 2.55 bits per heavy atom. The molecule has 0 aliphatic heterocycles. The molecule has 0 fully saturated rings. The Bertz CT molecular complexity index is 330. The predicted molar refractivity (Wildman–Crippen MR) is 97.6 cm³/mol. The highest BCUT2D eigenvalue weighted by Gasteiger charge is 2.10. The zero-order valence-corrected chi connectivity index (χ0v) is 15.3. The molecule has 3 nitrogen and oxygen atoms in total. The van der Waals surface area contributed by atoms with E-state index in [1.54, 1.807) is 0 Å². The summed E-state index contributed by atoms with van der Waals surface area (Å²) in [6, 6.07) is 0. The largest absolute Gasteiger partial charge is 0.380 e. The number of rotatable bonds is 15. The molecule has 128 valence electrons. The Morgan fingerprint density at radius 2 is 1.82 bits per heavy atom. The van der Waals surface area contributed by atoms with Gasteiger partial charge in [-0.2, -0.15) is 11.8 Å². The molecule has 1 unspecified atom stereocenters. The maximum Gasteiger partial charge on any atom is 0.0946 e. The summed E-state index contributed by atoms with van der Waals surface area (Å²) in [5.74, 6) is 1.23. The molecule has 4 heteroatoms. The van der Waals surface area contributed by atoms with Crippen molar-refractivity contribution in [3.8, 4) is 0 Å². The van der Waals surface area contributed by atoms with Crippen LogP contribution >= 0.6 is 11.8 Å². The van der Waals surface area contributed by atoms with Gasteiger partial charge in [0.15, 0.2) is 0 Å². The van der Waals surface area contributed by atoms with Crippen LogP contribution in [0.1, 0.15) is 65.2 Å². The highest BCUT2D eigenvalue weighted by Crippen LogP contribution is 2.16. The third-order valence-corrected chi connectivity index (χ3v) is 5.05. The van der Waals surface area contributed by atoms with E-state index in [2.05, 4.69) is 23.4 Å². The van der Waals surface area contributed by atoms with Gasteiger partial charge in [-0.1, -0.05) is 52.4 Å². The summed E-state index contributed by atoms with van der Waals surface area (Å²) in [5.41, 5.74) is 0. The first-order valence-electron chi connectivity index (χ1n) is 9.01. The highest BCUT2D eigenvalue weighted by atomic mass is 32.2. The molecular weight excluding hydrogens is 292 g/mol. The molecule has 0 saturated carbocycles. The molecule has 0 aliphatic carbocycles. The standard InChI is InChI=1S/C18H34N2OS/c1-3-5-7-8-9-10-13-21-16-18(22-14-6-4-2)15-20-12-11-19-17-20/h11-12,17-18H,3-10,13-16H2,1-2H3. The smallest absolute Gasteiger partial charge is 0.0946 e. The lowest BCUT2D eigenvalue weighted by molar-refractivity contribution is 0.128. The lowest BCUT2D eigenvalue weighted by Gasteiger charge is -2.17. The Kier molecular flexibility index (Phi) is 12.6. The van der Waals surface area contributed by atoms with E-state index < -0.39 is 0 Å². The molecule has 0 bridgehead atoms. The molecule has 1 aromatic rings. The van der Waals surface area contributed by atoms with Crippen molar-refractivity contribution in [1.29, 1.82) is 0 Å². The molecule has 0 aromatic carbocycles. The fourth-order valence-electron chi connectivity index (χ4n) is 2.38. The minimum Gasteiger partial charge on any atom is -0.380 e. The van der Waals surface area contributed by atoms with Crippen molar-refractivity contribution in [2.45, 2.75) is 77.0 Å². The second kappa shape index (κ2) is 14.1. The normalized spacial score (nSPS) is 12.6. The second-order valence-electron chi connectivity index (χ2n) is 5.95. The van der Waals surface area contributed by atoms with Crippen LogP contribution in [0.4, 0.5) is 0 Å². The van der Waals surface area contributed by atoms with E-state index in [1.807, 2.05) is 30.5 Å². The molecule has 1 atom stereocenters. The quantitative estimate of drug-likeness (QED) is 0.416. The van der Waals surface area contributed by atoms with Crippen LogP contribution in [-0.4, -0.2) is 33.8 Å². The van der Waals surface area contributed by atoms with Gasteiger partial charge in [-0.15, -0.1) is 0 Å². The van der Waals surface area contributed by atoms with Crippen LogP contribution in [0.2, 0.25) is 0 Å². The Labute approximate surface area is 141 Å². The van der Waals surface area contributed by atoms with Crippen LogP contribution in [0.5, 0.6) is 0 Å². The van der Waals surface area contributed by atoms with Crippen LogP contribution in [0.3, 0.4) is 0 Å². The number of hydrogen-bond donors (Lipinski definition) is 0. The summed E-state index contributed by atoms with van der Waals surface area (Å²) in [7, 11) is 0. The van der Waals surface area contributed by atoms with Crippen LogP contribution in [0.15, 0.2) is 18.7 Å². The maximum absolute atomic E-state index is 5.93. The average Bonchev–Trinajstić information content (AvgIpc) is 3.03. The molecule has 1 heterocycles. The van der Waals surface area contributed by atoms with Gasteiger partial charge in [0.25, 0.3) is 0 Å². The van der Waals surface area contributed by atoms with Crippen molar-refractivity contribution >= 4 is 11.8 Å². The van der Waals surface area contributed by atoms with E-state index >= 15 is 0 Å². The van der Waals surface area contributed by atoms with Gasteiger partial charge in [-0.25, -0.2) is 4.98 Å². The van der Waals surface area contributed by atoms with Crippen LogP contribution in [-0.2, 0) is 11.3 Å². The third-order valence-electron chi connectivity index (χ3n) is 3.77. The summed E-state index contributed by atoms with van der Waals surface area (Å²) in [5, 5.41) is 0.542. The first-order chi connectivity index (χ1) is 10.9. The fourth-order valence-corrected chi connectivity index (χ4v) is 3.64. The molecule has 0 radical (unpaired) electrons. The predicted octanol–water partition coefficient (Wildman–Crippen LogP) is 5.16. The first kappa shape index (κ1) is 19.6. The summed E-state index contributed by atoms with van der Waals surface area (Å²) in [6.07, 6.45) is 16.3. The van der Waals surface area contributed by atoms with E-state index in [-0.39, 0.29) is 0 Å². The van der Waals surface area contributed by atoms with E-state index in [0.29, 0.717) is 5.25 Å². The van der Waals surface area contributed by atoms with Crippen molar-refractivity contribution < 1.29 is 4.74 Å². The lowest BCUT2D eigenvalue weighted by Crippen LogP contribution is -2.19. The monoisotopic (exact) mass is 326 g/mol. The average molecular weight is 327 g/mol. The number of nitrogens with zero attached hydrogens (tertiary/aromatic N) is 2. The number of thioether (sulfide) groups is 1. The maximum atomic E-state index is 5.93. The Hall–Kier alpha value is -0.480. The molecule has 0 amide bonds. The molecule has 22 heavy (non-hydrogen) atoms. The molecule has 1 aromatic heterocycles. The zero-order chi connectivity index (χ0) is 15.9. The zero-order valence-electron chi connectivity index (χ0n) is 14.5. The van der Waals surface area contributed by atoms with Crippen molar-refractivity contribution in [2.24, 2.45) is 0 Å². The number of aromatic nitrogens is 2. The molecule has 0 spiro atoms.